The van der Waals surface area contributed by atoms with Crippen LogP contribution < -0.4 is 10.2 Å². The van der Waals surface area contributed by atoms with Crippen molar-refractivity contribution in [3.05, 3.63) is 101 Å². The molecule has 0 heterocycles. The Morgan fingerprint density at radius 3 is 2.11 bits per heavy atom. The van der Waals surface area contributed by atoms with E-state index in [1.165, 1.54) is 49.7 Å². The van der Waals surface area contributed by atoms with Crippen molar-refractivity contribution in [2.75, 3.05) is 4.90 Å². The summed E-state index contributed by atoms with van der Waals surface area (Å²) in [5.41, 5.74) is 5.55. The van der Waals surface area contributed by atoms with Crippen LogP contribution in [-0.2, 0) is 13.0 Å². The van der Waals surface area contributed by atoms with E-state index in [0.717, 1.165) is 23.2 Å². The lowest BCUT2D eigenvalue weighted by Crippen LogP contribution is -2.37. The Bertz CT molecular complexity index is 935. The van der Waals surface area contributed by atoms with Gasteiger partial charge in [-0.3, -0.25) is 4.90 Å². The van der Waals surface area contributed by atoms with Gasteiger partial charge in [0.15, 0.2) is 0 Å². The van der Waals surface area contributed by atoms with Crippen LogP contribution in [-0.4, -0.2) is 6.03 Å². The summed E-state index contributed by atoms with van der Waals surface area (Å²) in [6.07, 6.45) is 16.7. The zero-order chi connectivity index (χ0) is 26.6. The molecule has 196 valence electrons. The fourth-order valence-electron chi connectivity index (χ4n) is 3.69. The third-order valence-corrected chi connectivity index (χ3v) is 5.71. The molecule has 0 bridgehead atoms. The number of anilines is 1. The normalized spacial score (nSPS) is 11.0. The quantitative estimate of drug-likeness (QED) is 0.221. The second-order valence-electron chi connectivity index (χ2n) is 9.20. The summed E-state index contributed by atoms with van der Waals surface area (Å²) in [5.74, 6) is 0. The minimum atomic E-state index is -0.137. The van der Waals surface area contributed by atoms with Crippen molar-refractivity contribution in [2.24, 2.45) is 0 Å². The number of hydrogen-bond donors (Lipinski definition) is 1. The molecule has 0 aliphatic rings. The standard InChI is InChI=1S/C31H42N2O.C2H6/c1-5-6-7-8-9-11-17-28-20-22-30(23-21-28)33(25-29-18-12-10-13-19-29)31(34)32-24-27(4)16-14-15-26(2)3;1-2/h10,12-16,18-24H,5-9,11,17,25H2,1-4H3,(H,32,34);1-2H3/b16-14-,27-24+;. The maximum absolute atomic E-state index is 13.2. The van der Waals surface area contributed by atoms with Gasteiger partial charge in [-0.1, -0.05) is 119 Å². The highest BCUT2D eigenvalue weighted by molar-refractivity contribution is 5.92. The maximum atomic E-state index is 13.2. The van der Waals surface area contributed by atoms with E-state index < -0.39 is 0 Å². The van der Waals surface area contributed by atoms with Crippen molar-refractivity contribution in [1.82, 2.24) is 5.32 Å². The number of unbranched alkanes of at least 4 members (excludes halogenated alkanes) is 5. The molecule has 1 N–H and O–H groups in total. The van der Waals surface area contributed by atoms with Crippen molar-refractivity contribution >= 4 is 11.7 Å². The third-order valence-electron chi connectivity index (χ3n) is 5.71. The van der Waals surface area contributed by atoms with Crippen molar-refractivity contribution in [3.8, 4) is 0 Å². The summed E-state index contributed by atoms with van der Waals surface area (Å²) in [5, 5.41) is 2.97. The Morgan fingerprint density at radius 1 is 0.833 bits per heavy atom. The molecule has 0 fully saturated rings. The minimum Gasteiger partial charge on any atom is -0.314 e. The maximum Gasteiger partial charge on any atom is 0.326 e. The van der Waals surface area contributed by atoms with E-state index in [2.05, 4.69) is 62.5 Å². The van der Waals surface area contributed by atoms with Gasteiger partial charge < -0.3 is 5.32 Å². The number of benzene rings is 2. The summed E-state index contributed by atoms with van der Waals surface area (Å²) < 4.78 is 0. The topological polar surface area (TPSA) is 32.3 Å². The van der Waals surface area contributed by atoms with Gasteiger partial charge in [-0.15, -0.1) is 0 Å². The average molecular weight is 489 g/mol. The first-order chi connectivity index (χ1) is 17.5. The molecule has 3 nitrogen and oxygen atoms in total. The zero-order valence-electron chi connectivity index (χ0n) is 23.5. The van der Waals surface area contributed by atoms with Gasteiger partial charge in [0.05, 0.1) is 6.54 Å². The first kappa shape index (κ1) is 31.0. The Labute approximate surface area is 221 Å². The number of urea groups is 1. The highest BCUT2D eigenvalue weighted by atomic mass is 16.2. The van der Waals surface area contributed by atoms with Gasteiger partial charge >= 0.3 is 6.03 Å². The summed E-state index contributed by atoms with van der Waals surface area (Å²) in [6.45, 7) is 12.9. The van der Waals surface area contributed by atoms with Crippen LogP contribution in [0.5, 0.6) is 0 Å². The molecule has 0 aromatic heterocycles. The molecular formula is C33H48N2O. The molecule has 0 aliphatic heterocycles. The summed E-state index contributed by atoms with van der Waals surface area (Å²) in [4.78, 5) is 14.9. The molecule has 0 aliphatic carbocycles. The molecule has 0 radical (unpaired) electrons. The lowest BCUT2D eigenvalue weighted by Gasteiger charge is -2.23. The van der Waals surface area contributed by atoms with Crippen LogP contribution in [0.2, 0.25) is 0 Å². The van der Waals surface area contributed by atoms with E-state index in [1.807, 2.05) is 57.2 Å². The number of nitrogens with zero attached hydrogens (tertiary/aromatic N) is 1. The van der Waals surface area contributed by atoms with E-state index in [1.54, 1.807) is 11.1 Å². The number of carbonyl (C=O) groups excluding carboxylic acids is 1. The Hall–Kier alpha value is -3.07. The zero-order valence-corrected chi connectivity index (χ0v) is 23.5. The first-order valence-corrected chi connectivity index (χ1v) is 13.7. The fraction of sp³-hybridized carbons (Fsp3) is 0.424. The highest BCUT2D eigenvalue weighted by Gasteiger charge is 2.15. The van der Waals surface area contributed by atoms with Gasteiger partial charge in [0, 0.05) is 11.9 Å². The predicted molar refractivity (Wildman–Crippen MR) is 158 cm³/mol. The van der Waals surface area contributed by atoms with E-state index in [-0.39, 0.29) is 6.03 Å². The van der Waals surface area contributed by atoms with Gasteiger partial charge in [-0.25, -0.2) is 4.79 Å². The second kappa shape index (κ2) is 19.2. The van der Waals surface area contributed by atoms with Gasteiger partial charge in [0.1, 0.15) is 0 Å². The fourth-order valence-corrected chi connectivity index (χ4v) is 3.69. The lowest BCUT2D eigenvalue weighted by atomic mass is 10.0. The number of aryl methyl sites for hydroxylation is 1. The summed E-state index contributed by atoms with van der Waals surface area (Å²) in [6, 6.07) is 18.4. The molecule has 2 aromatic carbocycles. The van der Waals surface area contributed by atoms with E-state index in [9.17, 15) is 4.79 Å². The molecule has 0 saturated heterocycles. The van der Waals surface area contributed by atoms with Crippen LogP contribution in [0.25, 0.3) is 0 Å². The van der Waals surface area contributed by atoms with E-state index in [0.29, 0.717) is 6.54 Å². The molecule has 2 amide bonds. The number of rotatable bonds is 13. The van der Waals surface area contributed by atoms with Crippen LogP contribution in [0, 0.1) is 0 Å². The minimum absolute atomic E-state index is 0.137. The molecule has 0 unspecified atom stereocenters. The average Bonchev–Trinajstić information content (AvgIpc) is 2.90. The van der Waals surface area contributed by atoms with Crippen LogP contribution in [0.15, 0.2) is 90.2 Å². The molecular weight excluding hydrogens is 440 g/mol. The number of amides is 2. The Kier molecular flexibility index (Phi) is 16.5. The van der Waals surface area contributed by atoms with E-state index in [4.69, 9.17) is 0 Å². The highest BCUT2D eigenvalue weighted by Crippen LogP contribution is 2.20. The number of nitrogens with one attached hydrogen (secondary N) is 1. The van der Waals surface area contributed by atoms with Crippen LogP contribution in [0.3, 0.4) is 0 Å². The summed E-state index contributed by atoms with van der Waals surface area (Å²) in [7, 11) is 0. The number of hydrogen-bond acceptors (Lipinski definition) is 1. The van der Waals surface area contributed by atoms with Gasteiger partial charge in [0.2, 0.25) is 0 Å². The molecule has 0 atom stereocenters. The molecule has 0 spiro atoms. The van der Waals surface area contributed by atoms with Gasteiger partial charge in [-0.05, 0) is 62.4 Å². The largest absolute Gasteiger partial charge is 0.326 e. The SMILES string of the molecule is CC.CCCCCCCCc1ccc(N(Cc2ccccc2)C(=O)N/C=C(C)/C=C\C=C(C)C)cc1. The van der Waals surface area contributed by atoms with Crippen molar-refractivity contribution in [3.63, 3.8) is 0 Å². The molecule has 2 aromatic rings. The monoisotopic (exact) mass is 488 g/mol. The lowest BCUT2D eigenvalue weighted by molar-refractivity contribution is 0.249. The number of carbonyl (C=O) groups is 1. The Morgan fingerprint density at radius 2 is 1.47 bits per heavy atom. The second-order valence-corrected chi connectivity index (χ2v) is 9.20. The van der Waals surface area contributed by atoms with Crippen LogP contribution in [0.4, 0.5) is 10.5 Å². The smallest absolute Gasteiger partial charge is 0.314 e. The van der Waals surface area contributed by atoms with Gasteiger partial charge in [-0.2, -0.15) is 0 Å². The summed E-state index contributed by atoms with van der Waals surface area (Å²) >= 11 is 0. The number of allylic oxidation sites excluding steroid dienone is 5. The molecule has 36 heavy (non-hydrogen) atoms. The Balaban J connectivity index is 0.00000316. The van der Waals surface area contributed by atoms with Crippen LogP contribution in [0.1, 0.15) is 91.2 Å². The predicted octanol–water partition coefficient (Wildman–Crippen LogP) is 9.76. The van der Waals surface area contributed by atoms with E-state index >= 15 is 0 Å². The molecule has 2 rings (SSSR count). The third kappa shape index (κ3) is 13.1. The van der Waals surface area contributed by atoms with Crippen molar-refractivity contribution in [2.45, 2.75) is 93.0 Å². The molecule has 3 heteroatoms. The van der Waals surface area contributed by atoms with Crippen LogP contribution >= 0.6 is 0 Å². The first-order valence-electron chi connectivity index (χ1n) is 13.7. The molecule has 0 saturated carbocycles. The van der Waals surface area contributed by atoms with Crippen molar-refractivity contribution in [1.29, 1.82) is 0 Å². The van der Waals surface area contributed by atoms with Crippen molar-refractivity contribution < 1.29 is 4.79 Å². The van der Waals surface area contributed by atoms with Gasteiger partial charge in [0.25, 0.3) is 0 Å².